The zero-order valence-electron chi connectivity index (χ0n) is 13.7. The van der Waals surface area contributed by atoms with Crippen LogP contribution in [0, 0.1) is 12.8 Å². The Morgan fingerprint density at radius 1 is 1.39 bits per heavy atom. The Kier molecular flexibility index (Phi) is 6.47. The summed E-state index contributed by atoms with van der Waals surface area (Å²) in [6.07, 6.45) is 0.980. The molecule has 1 saturated heterocycles. The first kappa shape index (κ1) is 17.8. The predicted molar refractivity (Wildman–Crippen MR) is 95.5 cm³/mol. The van der Waals surface area contributed by atoms with Gasteiger partial charge in [-0.15, -0.1) is 11.8 Å². The van der Waals surface area contributed by atoms with Crippen LogP contribution in [0.25, 0.3) is 0 Å². The summed E-state index contributed by atoms with van der Waals surface area (Å²) in [4.78, 5) is 26.2. The summed E-state index contributed by atoms with van der Waals surface area (Å²) >= 11 is 1.38. The van der Waals surface area contributed by atoms with Gasteiger partial charge in [-0.25, -0.2) is 0 Å². The van der Waals surface area contributed by atoms with E-state index in [1.807, 2.05) is 43.0 Å². The molecular formula is C17H25N3O2S. The molecule has 23 heavy (non-hydrogen) atoms. The van der Waals surface area contributed by atoms with E-state index in [2.05, 4.69) is 5.32 Å². The van der Waals surface area contributed by atoms with Gasteiger partial charge in [0.25, 0.3) is 0 Å². The van der Waals surface area contributed by atoms with E-state index in [1.165, 1.54) is 11.8 Å². The van der Waals surface area contributed by atoms with Crippen LogP contribution in [0.15, 0.2) is 24.3 Å². The summed E-state index contributed by atoms with van der Waals surface area (Å²) in [6, 6.07) is 7.67. The van der Waals surface area contributed by atoms with E-state index in [4.69, 9.17) is 5.73 Å². The van der Waals surface area contributed by atoms with Crippen molar-refractivity contribution in [3.05, 3.63) is 29.8 Å². The first-order valence-corrected chi connectivity index (χ1v) is 9.01. The highest BCUT2D eigenvalue weighted by Crippen LogP contribution is 2.20. The normalized spacial score (nSPS) is 18.7. The molecule has 126 valence electrons. The maximum Gasteiger partial charge on any atom is 0.235 e. The molecule has 1 aliphatic heterocycles. The van der Waals surface area contributed by atoms with Crippen molar-refractivity contribution < 1.29 is 9.59 Å². The number of amides is 2. The van der Waals surface area contributed by atoms with Crippen LogP contribution < -0.4 is 11.1 Å². The average molecular weight is 335 g/mol. The van der Waals surface area contributed by atoms with Crippen LogP contribution >= 0.6 is 11.8 Å². The van der Waals surface area contributed by atoms with Gasteiger partial charge in [-0.1, -0.05) is 17.7 Å². The molecule has 0 aromatic heterocycles. The number of anilines is 1. The summed E-state index contributed by atoms with van der Waals surface area (Å²) in [5.74, 6) is 0.712. The fraction of sp³-hybridized carbons (Fsp3) is 0.529. The number of carbonyl (C=O) groups is 2. The molecule has 2 atom stereocenters. The topological polar surface area (TPSA) is 75.4 Å². The number of rotatable bonds is 6. The molecule has 1 fully saturated rings. The van der Waals surface area contributed by atoms with Crippen LogP contribution in [-0.2, 0) is 9.59 Å². The molecule has 1 heterocycles. The highest BCUT2D eigenvalue weighted by molar-refractivity contribution is 8.01. The van der Waals surface area contributed by atoms with Gasteiger partial charge >= 0.3 is 0 Å². The van der Waals surface area contributed by atoms with Crippen molar-refractivity contribution in [1.29, 1.82) is 0 Å². The molecule has 0 saturated carbocycles. The number of hydrogen-bond acceptors (Lipinski definition) is 4. The van der Waals surface area contributed by atoms with Crippen LogP contribution in [0.3, 0.4) is 0 Å². The molecule has 0 radical (unpaired) electrons. The second-order valence-corrected chi connectivity index (χ2v) is 7.37. The largest absolute Gasteiger partial charge is 0.341 e. The van der Waals surface area contributed by atoms with Gasteiger partial charge in [-0.3, -0.25) is 9.59 Å². The van der Waals surface area contributed by atoms with Crippen molar-refractivity contribution in [1.82, 2.24) is 4.90 Å². The number of nitrogens with two attached hydrogens (primary N) is 1. The van der Waals surface area contributed by atoms with Crippen molar-refractivity contribution in [2.75, 3.05) is 30.7 Å². The van der Waals surface area contributed by atoms with E-state index in [1.54, 1.807) is 0 Å². The molecule has 0 aliphatic carbocycles. The lowest BCUT2D eigenvalue weighted by atomic mass is 10.1. The molecule has 3 N–H and O–H groups in total. The maximum absolute atomic E-state index is 12.3. The molecular weight excluding hydrogens is 310 g/mol. The average Bonchev–Trinajstić information content (AvgIpc) is 3.03. The highest BCUT2D eigenvalue weighted by Gasteiger charge is 2.28. The summed E-state index contributed by atoms with van der Waals surface area (Å²) in [5, 5.41) is 2.64. The molecule has 2 unspecified atom stereocenters. The smallest absolute Gasteiger partial charge is 0.235 e. The molecule has 2 amide bonds. The number of hydrogen-bond donors (Lipinski definition) is 2. The van der Waals surface area contributed by atoms with Crippen molar-refractivity contribution in [3.63, 3.8) is 0 Å². The fourth-order valence-electron chi connectivity index (χ4n) is 2.59. The molecule has 1 aromatic carbocycles. The van der Waals surface area contributed by atoms with E-state index < -0.39 is 0 Å². The minimum atomic E-state index is -0.213. The summed E-state index contributed by atoms with van der Waals surface area (Å²) < 4.78 is 0. The lowest BCUT2D eigenvalue weighted by Crippen LogP contribution is -2.36. The number of nitrogens with one attached hydrogen (secondary N) is 1. The van der Waals surface area contributed by atoms with Gasteiger partial charge in [0.1, 0.15) is 0 Å². The summed E-state index contributed by atoms with van der Waals surface area (Å²) in [5.41, 5.74) is 7.59. The van der Waals surface area contributed by atoms with Gasteiger partial charge in [0.05, 0.1) is 11.0 Å². The Bertz CT molecular complexity index is 547. The first-order chi connectivity index (χ1) is 11.0. The Morgan fingerprint density at radius 3 is 2.70 bits per heavy atom. The van der Waals surface area contributed by atoms with Crippen LogP contribution in [0.2, 0.25) is 0 Å². The van der Waals surface area contributed by atoms with Crippen molar-refractivity contribution in [2.45, 2.75) is 25.5 Å². The van der Waals surface area contributed by atoms with Gasteiger partial charge in [0, 0.05) is 18.8 Å². The van der Waals surface area contributed by atoms with Gasteiger partial charge < -0.3 is 16.0 Å². The molecule has 1 aromatic rings. The Labute approximate surface area is 142 Å². The number of carbonyl (C=O) groups excluding carboxylic acids is 2. The summed E-state index contributed by atoms with van der Waals surface area (Å²) in [6.45, 7) is 6.02. The molecule has 5 nitrogen and oxygen atoms in total. The minimum Gasteiger partial charge on any atom is -0.341 e. The van der Waals surface area contributed by atoms with E-state index in [-0.39, 0.29) is 22.8 Å². The van der Waals surface area contributed by atoms with Gasteiger partial charge in [-0.05, 0) is 44.9 Å². The molecule has 6 heteroatoms. The number of aryl methyl sites for hydroxylation is 1. The highest BCUT2D eigenvalue weighted by atomic mass is 32.2. The number of thioether (sulfide) groups is 1. The van der Waals surface area contributed by atoms with Crippen molar-refractivity contribution in [3.8, 4) is 0 Å². The third-order valence-corrected chi connectivity index (χ3v) is 5.21. The second-order valence-electron chi connectivity index (χ2n) is 6.04. The third-order valence-electron chi connectivity index (χ3n) is 4.08. The van der Waals surface area contributed by atoms with Gasteiger partial charge in [-0.2, -0.15) is 0 Å². The van der Waals surface area contributed by atoms with Gasteiger partial charge in [0.2, 0.25) is 11.8 Å². The van der Waals surface area contributed by atoms with Crippen LogP contribution in [-0.4, -0.2) is 47.4 Å². The first-order valence-electron chi connectivity index (χ1n) is 7.96. The lowest BCUT2D eigenvalue weighted by Gasteiger charge is -2.20. The number of likely N-dealkylation sites (tertiary alicyclic amines) is 1. The summed E-state index contributed by atoms with van der Waals surface area (Å²) in [7, 11) is 0. The molecule has 0 spiro atoms. The van der Waals surface area contributed by atoms with Crippen LogP contribution in [0.1, 0.15) is 18.9 Å². The second kappa shape index (κ2) is 8.36. The standard InChI is InChI=1S/C17H25N3O2S/c1-12-3-5-15(6-4-12)19-16(21)11-23-13(2)17(22)20-8-7-14(9-18)10-20/h3-6,13-14H,7-11,18H2,1-2H3,(H,19,21). The van der Waals surface area contributed by atoms with E-state index >= 15 is 0 Å². The van der Waals surface area contributed by atoms with Gasteiger partial charge in [0.15, 0.2) is 0 Å². The van der Waals surface area contributed by atoms with Crippen molar-refractivity contribution in [2.24, 2.45) is 11.7 Å². The monoisotopic (exact) mass is 335 g/mol. The molecule has 2 rings (SSSR count). The van der Waals surface area contributed by atoms with Crippen LogP contribution in [0.4, 0.5) is 5.69 Å². The molecule has 0 bridgehead atoms. The Morgan fingerprint density at radius 2 is 2.09 bits per heavy atom. The zero-order chi connectivity index (χ0) is 16.8. The van der Waals surface area contributed by atoms with E-state index in [0.717, 1.165) is 30.8 Å². The predicted octanol–water partition coefficient (Wildman–Crippen LogP) is 1.86. The van der Waals surface area contributed by atoms with E-state index in [0.29, 0.717) is 12.5 Å². The fourth-order valence-corrected chi connectivity index (χ4v) is 3.35. The Hall–Kier alpha value is -1.53. The Balaban J connectivity index is 1.75. The third kappa shape index (κ3) is 5.25. The number of nitrogens with zero attached hydrogens (tertiary/aromatic N) is 1. The number of benzene rings is 1. The van der Waals surface area contributed by atoms with E-state index in [9.17, 15) is 9.59 Å². The maximum atomic E-state index is 12.3. The zero-order valence-corrected chi connectivity index (χ0v) is 14.6. The minimum absolute atomic E-state index is 0.0836. The molecule has 1 aliphatic rings. The lowest BCUT2D eigenvalue weighted by molar-refractivity contribution is -0.129. The van der Waals surface area contributed by atoms with Crippen molar-refractivity contribution >= 4 is 29.3 Å². The SMILES string of the molecule is Cc1ccc(NC(=O)CSC(C)C(=O)N2CCC(CN)C2)cc1. The van der Waals surface area contributed by atoms with Crippen LogP contribution in [0.5, 0.6) is 0 Å². The quantitative estimate of drug-likeness (QED) is 0.832.